The molecule has 0 radical (unpaired) electrons. The van der Waals surface area contributed by atoms with E-state index in [-0.39, 0.29) is 6.10 Å². The highest BCUT2D eigenvalue weighted by molar-refractivity contribution is 9.10. The summed E-state index contributed by atoms with van der Waals surface area (Å²) >= 11 is 8.90. The van der Waals surface area contributed by atoms with E-state index in [4.69, 9.17) is 17.0 Å². The summed E-state index contributed by atoms with van der Waals surface area (Å²) in [5.74, 6) is 1.38. The van der Waals surface area contributed by atoms with Gasteiger partial charge in [0, 0.05) is 7.11 Å². The molecule has 104 valence electrons. The van der Waals surface area contributed by atoms with Crippen molar-refractivity contribution in [3.05, 3.63) is 45.3 Å². The highest BCUT2D eigenvalue weighted by atomic mass is 79.9. The predicted molar refractivity (Wildman–Crippen MR) is 85.0 cm³/mol. The van der Waals surface area contributed by atoms with Gasteiger partial charge in [0.25, 0.3) is 0 Å². The highest BCUT2D eigenvalue weighted by Crippen LogP contribution is 2.42. The molecule has 1 saturated carbocycles. The lowest BCUT2D eigenvalue weighted by molar-refractivity contribution is 0.0772. The van der Waals surface area contributed by atoms with Crippen molar-refractivity contribution in [2.24, 2.45) is 5.92 Å². The molecule has 1 aromatic heterocycles. The van der Waals surface area contributed by atoms with Gasteiger partial charge in [0.05, 0.1) is 10.2 Å². The Bertz CT molecular complexity index is 667. The minimum Gasteiger partial charge on any atom is -0.373 e. The largest absolute Gasteiger partial charge is 0.373 e. The van der Waals surface area contributed by atoms with Crippen LogP contribution in [-0.2, 0) is 4.74 Å². The number of aromatic nitrogens is 2. The number of hydrogen-bond donors (Lipinski definition) is 1. The van der Waals surface area contributed by atoms with Gasteiger partial charge in [0.1, 0.15) is 16.6 Å². The quantitative estimate of drug-likeness (QED) is 0.814. The minimum absolute atomic E-state index is 0.00672. The Hall–Kier alpha value is -1.04. The number of aromatic amines is 1. The first kappa shape index (κ1) is 13.9. The zero-order valence-corrected chi connectivity index (χ0v) is 13.5. The number of nitrogens with one attached hydrogen (secondary N) is 1. The van der Waals surface area contributed by atoms with Gasteiger partial charge >= 0.3 is 0 Å². The number of rotatable bonds is 4. The van der Waals surface area contributed by atoms with Crippen LogP contribution < -0.4 is 0 Å². The normalized spacial score (nSPS) is 16.1. The van der Waals surface area contributed by atoms with E-state index in [0.29, 0.717) is 10.6 Å². The summed E-state index contributed by atoms with van der Waals surface area (Å²) in [4.78, 5) is 7.87. The fourth-order valence-corrected chi connectivity index (χ4v) is 2.96. The topological polar surface area (TPSA) is 37.9 Å². The van der Waals surface area contributed by atoms with E-state index in [1.54, 1.807) is 7.11 Å². The maximum absolute atomic E-state index is 5.59. The molecule has 0 aliphatic heterocycles. The number of H-pyrrole nitrogens is 1. The zero-order chi connectivity index (χ0) is 14.1. The molecule has 0 bridgehead atoms. The van der Waals surface area contributed by atoms with E-state index in [9.17, 15) is 0 Å². The average Bonchev–Trinajstić information content (AvgIpc) is 3.29. The number of ether oxygens (including phenoxy) is 1. The lowest BCUT2D eigenvalue weighted by Crippen LogP contribution is -2.10. The van der Waals surface area contributed by atoms with Crippen LogP contribution in [0.15, 0.2) is 34.8 Å². The molecule has 20 heavy (non-hydrogen) atoms. The summed E-state index contributed by atoms with van der Waals surface area (Å²) in [6.45, 7) is 0. The summed E-state index contributed by atoms with van der Waals surface area (Å²) in [5, 5.41) is 0. The van der Waals surface area contributed by atoms with Crippen molar-refractivity contribution in [3.63, 3.8) is 0 Å². The number of methoxy groups -OCH3 is 1. The van der Waals surface area contributed by atoms with Crippen LogP contribution in [0.1, 0.15) is 24.8 Å². The van der Waals surface area contributed by atoms with Gasteiger partial charge in [-0.1, -0.05) is 42.5 Å². The molecular weight excluding hydrogens is 336 g/mol. The molecule has 1 N–H and O–H groups in total. The predicted octanol–water partition coefficient (Wildman–Crippen LogP) is 4.67. The summed E-state index contributed by atoms with van der Waals surface area (Å²) in [7, 11) is 1.73. The highest BCUT2D eigenvalue weighted by Gasteiger charge is 2.34. The molecule has 0 amide bonds. The summed E-state index contributed by atoms with van der Waals surface area (Å²) in [6, 6.07) is 10.1. The molecule has 1 aromatic carbocycles. The molecular formula is C15H15BrN2OS. The lowest BCUT2D eigenvalue weighted by Gasteiger charge is -2.16. The maximum Gasteiger partial charge on any atom is 0.144 e. The SMILES string of the molecule is COC(c1nc(=S)c(Br)c(-c2ccccc2)[nH]1)C1CC1. The molecule has 3 nitrogen and oxygen atoms in total. The second-order valence-electron chi connectivity index (χ2n) is 4.98. The number of nitrogens with zero attached hydrogens (tertiary/aromatic N) is 1. The smallest absolute Gasteiger partial charge is 0.144 e. The van der Waals surface area contributed by atoms with E-state index in [0.717, 1.165) is 21.6 Å². The van der Waals surface area contributed by atoms with E-state index in [2.05, 4.69) is 25.9 Å². The van der Waals surface area contributed by atoms with E-state index in [1.165, 1.54) is 12.8 Å². The van der Waals surface area contributed by atoms with Crippen LogP contribution in [0, 0.1) is 10.6 Å². The maximum atomic E-state index is 5.59. The summed E-state index contributed by atoms with van der Waals surface area (Å²) in [5.41, 5.74) is 2.04. The lowest BCUT2D eigenvalue weighted by atomic mass is 10.1. The van der Waals surface area contributed by atoms with Crippen LogP contribution in [-0.4, -0.2) is 17.1 Å². The summed E-state index contributed by atoms with van der Waals surface area (Å²) in [6.07, 6.45) is 2.39. The van der Waals surface area contributed by atoms with Crippen LogP contribution in [0.25, 0.3) is 11.3 Å². The third kappa shape index (κ3) is 2.71. The second kappa shape index (κ2) is 5.76. The standard InChI is InChI=1S/C15H15BrN2OS/c1-19-13(10-7-8-10)14-17-12(11(16)15(20)18-14)9-5-3-2-4-6-9/h2-6,10,13H,7-8H2,1H3,(H,17,18,20). The molecule has 0 spiro atoms. The van der Waals surface area contributed by atoms with Crippen LogP contribution in [0.3, 0.4) is 0 Å². The van der Waals surface area contributed by atoms with Gasteiger partial charge in [-0.25, -0.2) is 4.98 Å². The molecule has 1 fully saturated rings. The van der Waals surface area contributed by atoms with Gasteiger partial charge in [0.2, 0.25) is 0 Å². The Kier molecular flexibility index (Phi) is 4.01. The first-order valence-electron chi connectivity index (χ1n) is 6.58. The third-order valence-electron chi connectivity index (χ3n) is 3.52. The Morgan fingerprint density at radius 1 is 1.35 bits per heavy atom. The fourth-order valence-electron chi connectivity index (χ4n) is 2.34. The van der Waals surface area contributed by atoms with E-state index in [1.807, 2.05) is 30.3 Å². The number of benzene rings is 1. The summed E-state index contributed by atoms with van der Waals surface area (Å²) < 4.78 is 6.99. The van der Waals surface area contributed by atoms with Gasteiger partial charge in [-0.15, -0.1) is 0 Å². The van der Waals surface area contributed by atoms with Gasteiger partial charge in [-0.3, -0.25) is 0 Å². The van der Waals surface area contributed by atoms with Crippen LogP contribution in [0.5, 0.6) is 0 Å². The Morgan fingerprint density at radius 2 is 2.05 bits per heavy atom. The van der Waals surface area contributed by atoms with Crippen LogP contribution in [0.2, 0.25) is 0 Å². The van der Waals surface area contributed by atoms with E-state index >= 15 is 0 Å². The Morgan fingerprint density at radius 3 is 2.65 bits per heavy atom. The van der Waals surface area contributed by atoms with Crippen LogP contribution in [0.4, 0.5) is 0 Å². The van der Waals surface area contributed by atoms with Crippen molar-refractivity contribution < 1.29 is 4.74 Å². The zero-order valence-electron chi connectivity index (χ0n) is 11.1. The van der Waals surface area contributed by atoms with Gasteiger partial charge in [-0.2, -0.15) is 0 Å². The molecule has 2 aromatic rings. The first-order chi connectivity index (χ1) is 9.70. The van der Waals surface area contributed by atoms with Crippen molar-refractivity contribution in [3.8, 4) is 11.3 Å². The number of hydrogen-bond acceptors (Lipinski definition) is 3. The van der Waals surface area contributed by atoms with Crippen LogP contribution >= 0.6 is 28.1 Å². The van der Waals surface area contributed by atoms with Gasteiger partial charge in [0.15, 0.2) is 0 Å². The van der Waals surface area contributed by atoms with Crippen molar-refractivity contribution >= 4 is 28.1 Å². The van der Waals surface area contributed by atoms with E-state index < -0.39 is 0 Å². The van der Waals surface area contributed by atoms with Gasteiger partial charge < -0.3 is 9.72 Å². The Balaban J connectivity index is 2.10. The second-order valence-corrected chi connectivity index (χ2v) is 6.16. The molecule has 1 aliphatic carbocycles. The molecule has 3 rings (SSSR count). The van der Waals surface area contributed by atoms with Gasteiger partial charge in [-0.05, 0) is 40.3 Å². The minimum atomic E-state index is 0.00672. The molecule has 1 heterocycles. The molecule has 1 atom stereocenters. The number of halogens is 1. The monoisotopic (exact) mass is 350 g/mol. The van der Waals surface area contributed by atoms with Crippen molar-refractivity contribution in [1.82, 2.24) is 9.97 Å². The molecule has 1 unspecified atom stereocenters. The third-order valence-corrected chi connectivity index (χ3v) is 4.85. The molecule has 0 saturated heterocycles. The molecule has 5 heteroatoms. The first-order valence-corrected chi connectivity index (χ1v) is 7.78. The van der Waals surface area contributed by atoms with Crippen molar-refractivity contribution in [1.29, 1.82) is 0 Å². The van der Waals surface area contributed by atoms with Crippen molar-refractivity contribution in [2.45, 2.75) is 18.9 Å². The average molecular weight is 351 g/mol. The Labute approximate surface area is 131 Å². The van der Waals surface area contributed by atoms with Crippen molar-refractivity contribution in [2.75, 3.05) is 7.11 Å². The fraction of sp³-hybridized carbons (Fsp3) is 0.333. The molecule has 1 aliphatic rings.